The Labute approximate surface area is 458 Å². The van der Waals surface area contributed by atoms with Crippen LogP contribution in [-0.4, -0.2) is 74.3 Å². The molecule has 0 rings (SSSR count). The zero-order valence-electron chi connectivity index (χ0n) is 49.3. The standard InChI is InChI=1S/C64H119N2O7P/c1-7-10-13-16-19-22-25-28-30-31-32-33-34-35-36-39-42-45-48-51-54-57-64(68)73-62(55-52-49-46-43-40-37-27-24-21-18-15-12-9-3)61(60-72-74(69,70)71-59-58-66(4,5)6)65-63(67)56-53-50-47-44-41-38-29-26-23-20-17-14-11-8-2/h19,22,28,30,32-33,35-36,52,55,61-62H,7-18,20-21,23-27,29,31,34,37-51,53-54,56-60H2,1-6H3,(H-,65,67,69,70)/p+1/b22-19-,30-28-,33-32-,36-35-,55-52+. The van der Waals surface area contributed by atoms with Gasteiger partial charge in [0.15, 0.2) is 0 Å². The average molecular weight is 1060 g/mol. The van der Waals surface area contributed by atoms with E-state index in [-0.39, 0.29) is 31.5 Å². The van der Waals surface area contributed by atoms with Gasteiger partial charge >= 0.3 is 13.8 Å². The number of unbranched alkanes of at least 4 members (excludes halogenated alkanes) is 32. The highest BCUT2D eigenvalue weighted by Gasteiger charge is 2.30. The van der Waals surface area contributed by atoms with Gasteiger partial charge < -0.3 is 19.4 Å². The molecule has 3 atom stereocenters. The Balaban J connectivity index is 5.30. The highest BCUT2D eigenvalue weighted by molar-refractivity contribution is 7.47. The zero-order chi connectivity index (χ0) is 54.3. The third-order valence-electron chi connectivity index (χ3n) is 13.7. The first-order chi connectivity index (χ1) is 35.9. The van der Waals surface area contributed by atoms with Gasteiger partial charge in [-0.3, -0.25) is 18.6 Å². The summed E-state index contributed by atoms with van der Waals surface area (Å²) in [5.74, 6) is -0.518. The van der Waals surface area contributed by atoms with Crippen LogP contribution < -0.4 is 5.32 Å². The first kappa shape index (κ1) is 71.7. The summed E-state index contributed by atoms with van der Waals surface area (Å²) in [5, 5.41) is 3.05. The van der Waals surface area contributed by atoms with Gasteiger partial charge in [0.2, 0.25) is 5.91 Å². The molecule has 9 nitrogen and oxygen atoms in total. The van der Waals surface area contributed by atoms with Gasteiger partial charge in [-0.25, -0.2) is 4.57 Å². The lowest BCUT2D eigenvalue weighted by Crippen LogP contribution is -2.47. The largest absolute Gasteiger partial charge is 0.472 e. The summed E-state index contributed by atoms with van der Waals surface area (Å²) < 4.78 is 30.7. The van der Waals surface area contributed by atoms with E-state index in [0.29, 0.717) is 17.4 Å². The zero-order valence-corrected chi connectivity index (χ0v) is 50.2. The normalized spacial score (nSPS) is 14.1. The molecule has 74 heavy (non-hydrogen) atoms. The van der Waals surface area contributed by atoms with E-state index in [0.717, 1.165) is 96.3 Å². The molecule has 3 unspecified atom stereocenters. The lowest BCUT2D eigenvalue weighted by Gasteiger charge is -2.27. The van der Waals surface area contributed by atoms with Crippen LogP contribution in [0.15, 0.2) is 60.8 Å². The molecule has 0 aliphatic heterocycles. The van der Waals surface area contributed by atoms with E-state index in [4.69, 9.17) is 13.8 Å². The summed E-state index contributed by atoms with van der Waals surface area (Å²) in [6.07, 6.45) is 67.8. The summed E-state index contributed by atoms with van der Waals surface area (Å²) in [5.41, 5.74) is 0. The molecule has 0 radical (unpaired) electrons. The van der Waals surface area contributed by atoms with Crippen LogP contribution in [0.5, 0.6) is 0 Å². The van der Waals surface area contributed by atoms with Gasteiger partial charge in [0, 0.05) is 12.8 Å². The fourth-order valence-electron chi connectivity index (χ4n) is 8.87. The number of hydrogen-bond acceptors (Lipinski definition) is 6. The molecular weight excluding hydrogens is 940 g/mol. The maximum absolute atomic E-state index is 13.5. The van der Waals surface area contributed by atoms with Crippen LogP contribution >= 0.6 is 7.82 Å². The van der Waals surface area contributed by atoms with Crippen LogP contribution in [0.2, 0.25) is 0 Å². The minimum Gasteiger partial charge on any atom is -0.456 e. The van der Waals surface area contributed by atoms with E-state index in [1.807, 2.05) is 33.3 Å². The van der Waals surface area contributed by atoms with Crippen molar-refractivity contribution in [2.75, 3.05) is 40.9 Å². The lowest BCUT2D eigenvalue weighted by molar-refractivity contribution is -0.870. The third-order valence-corrected chi connectivity index (χ3v) is 14.7. The molecule has 1 amide bonds. The van der Waals surface area contributed by atoms with Crippen molar-refractivity contribution in [2.24, 2.45) is 0 Å². The molecule has 0 bridgehead atoms. The van der Waals surface area contributed by atoms with Gasteiger partial charge in [0.05, 0.1) is 33.8 Å². The number of hydrogen-bond donors (Lipinski definition) is 2. The second-order valence-corrected chi connectivity index (χ2v) is 23.7. The quantitative estimate of drug-likeness (QED) is 0.0205. The Hall–Kier alpha value is -2.29. The number of rotatable bonds is 56. The van der Waals surface area contributed by atoms with E-state index in [2.05, 4.69) is 74.7 Å². The summed E-state index contributed by atoms with van der Waals surface area (Å²) in [6.45, 7) is 6.99. The van der Waals surface area contributed by atoms with E-state index < -0.39 is 20.0 Å². The minimum atomic E-state index is -4.45. The van der Waals surface area contributed by atoms with Crippen LogP contribution in [0.1, 0.15) is 284 Å². The van der Waals surface area contributed by atoms with Crippen molar-refractivity contribution in [2.45, 2.75) is 296 Å². The predicted molar refractivity (Wildman–Crippen MR) is 318 cm³/mol. The number of esters is 1. The molecule has 0 aliphatic rings. The Bertz CT molecular complexity index is 1450. The monoisotopic (exact) mass is 1060 g/mol. The molecule has 0 fully saturated rings. The molecule has 0 saturated heterocycles. The topological polar surface area (TPSA) is 111 Å². The number of quaternary nitrogens is 1. The summed E-state index contributed by atoms with van der Waals surface area (Å²) in [4.78, 5) is 37.7. The summed E-state index contributed by atoms with van der Waals surface area (Å²) in [7, 11) is 1.49. The van der Waals surface area contributed by atoms with Crippen molar-refractivity contribution < 1.29 is 37.3 Å². The highest BCUT2D eigenvalue weighted by atomic mass is 31.2. The lowest BCUT2D eigenvalue weighted by atomic mass is 10.0. The number of carbonyl (C=O) groups is 2. The van der Waals surface area contributed by atoms with E-state index >= 15 is 0 Å². The van der Waals surface area contributed by atoms with E-state index in [9.17, 15) is 19.0 Å². The molecule has 0 spiro atoms. The number of phosphoric acid groups is 1. The summed E-state index contributed by atoms with van der Waals surface area (Å²) >= 11 is 0. The molecule has 0 aromatic rings. The number of phosphoric ester groups is 1. The molecule has 0 heterocycles. The van der Waals surface area contributed by atoms with Gasteiger partial charge in [0.1, 0.15) is 19.3 Å². The number of allylic oxidation sites excluding steroid dienone is 9. The Morgan fingerprint density at radius 3 is 1.26 bits per heavy atom. The predicted octanol–water partition coefficient (Wildman–Crippen LogP) is 19.1. The maximum Gasteiger partial charge on any atom is 0.472 e. The van der Waals surface area contributed by atoms with Gasteiger partial charge in [-0.05, 0) is 76.7 Å². The third kappa shape index (κ3) is 54.5. The molecule has 0 aromatic heterocycles. The number of likely N-dealkylation sites (N-methyl/N-ethyl adjacent to an activating group) is 1. The average Bonchev–Trinajstić information content (AvgIpc) is 3.36. The first-order valence-electron chi connectivity index (χ1n) is 31.1. The fourth-order valence-corrected chi connectivity index (χ4v) is 9.60. The first-order valence-corrected chi connectivity index (χ1v) is 32.6. The molecule has 432 valence electrons. The number of amides is 1. The van der Waals surface area contributed by atoms with Crippen LogP contribution in [0.4, 0.5) is 0 Å². The van der Waals surface area contributed by atoms with E-state index in [1.54, 1.807) is 0 Å². The Kier molecular flexibility index (Phi) is 52.4. The number of nitrogens with one attached hydrogen (secondary N) is 1. The van der Waals surface area contributed by atoms with Crippen molar-refractivity contribution >= 4 is 19.7 Å². The molecule has 0 aliphatic carbocycles. The van der Waals surface area contributed by atoms with Crippen LogP contribution in [0, 0.1) is 0 Å². The smallest absolute Gasteiger partial charge is 0.456 e. The SMILES string of the molecule is CCCCC/C=C\C/C=C\C/C=C\C/C=C\CCCCCCCC(=O)OC(/C=C/CCCCCCCCCCCCC)C(COP(=O)(O)OCC[N+](C)(C)C)NC(=O)CCCCCCCCCCCCCCCC. The number of nitrogens with zero attached hydrogens (tertiary/aromatic N) is 1. The molecule has 0 saturated carbocycles. The molecule has 0 aromatic carbocycles. The van der Waals surface area contributed by atoms with Gasteiger partial charge in [-0.15, -0.1) is 0 Å². The van der Waals surface area contributed by atoms with Crippen molar-refractivity contribution in [1.82, 2.24) is 5.32 Å². The van der Waals surface area contributed by atoms with Crippen LogP contribution in [0.25, 0.3) is 0 Å². The minimum absolute atomic E-state index is 0.0369. The molecule has 10 heteroatoms. The van der Waals surface area contributed by atoms with Crippen LogP contribution in [-0.2, 0) is 27.9 Å². The van der Waals surface area contributed by atoms with Crippen molar-refractivity contribution in [3.8, 4) is 0 Å². The van der Waals surface area contributed by atoms with Crippen LogP contribution in [0.3, 0.4) is 0 Å². The Morgan fingerprint density at radius 1 is 0.473 bits per heavy atom. The maximum atomic E-state index is 13.5. The molecular formula is C64H120N2O7P+. The van der Waals surface area contributed by atoms with Gasteiger partial charge in [-0.1, -0.05) is 255 Å². The summed E-state index contributed by atoms with van der Waals surface area (Å²) in [6, 6.07) is -0.855. The number of carbonyl (C=O) groups excluding carboxylic acids is 2. The van der Waals surface area contributed by atoms with E-state index in [1.165, 1.54) is 154 Å². The molecule has 2 N–H and O–H groups in total. The second kappa shape index (κ2) is 54.1. The van der Waals surface area contributed by atoms with Crippen molar-refractivity contribution in [1.29, 1.82) is 0 Å². The van der Waals surface area contributed by atoms with Gasteiger partial charge in [0.25, 0.3) is 0 Å². The Morgan fingerprint density at radius 2 is 0.824 bits per heavy atom. The fraction of sp³-hybridized carbons (Fsp3) is 0.812. The second-order valence-electron chi connectivity index (χ2n) is 22.2. The van der Waals surface area contributed by atoms with Crippen molar-refractivity contribution in [3.05, 3.63) is 60.8 Å². The highest BCUT2D eigenvalue weighted by Crippen LogP contribution is 2.43. The van der Waals surface area contributed by atoms with Crippen molar-refractivity contribution in [3.63, 3.8) is 0 Å². The number of ether oxygens (including phenoxy) is 1. The van der Waals surface area contributed by atoms with Gasteiger partial charge in [-0.2, -0.15) is 0 Å².